The van der Waals surface area contributed by atoms with Gasteiger partial charge >= 0.3 is 0 Å². The van der Waals surface area contributed by atoms with E-state index in [0.717, 1.165) is 5.69 Å². The molecule has 6 heteroatoms. The van der Waals surface area contributed by atoms with E-state index in [4.69, 9.17) is 21.1 Å². The maximum atomic E-state index is 5.77. The van der Waals surface area contributed by atoms with E-state index in [1.54, 1.807) is 26.5 Å². The summed E-state index contributed by atoms with van der Waals surface area (Å²) in [5, 5.41) is 3.40. The highest BCUT2D eigenvalue weighted by Crippen LogP contribution is 2.27. The van der Waals surface area contributed by atoms with Crippen molar-refractivity contribution in [1.29, 1.82) is 0 Å². The number of nitrogens with zero attached hydrogens (tertiary/aromatic N) is 2. The van der Waals surface area contributed by atoms with E-state index in [1.807, 2.05) is 12.1 Å². The number of rotatable bonds is 4. The number of ether oxygens (including phenoxy) is 2. The summed E-state index contributed by atoms with van der Waals surface area (Å²) in [6.45, 7) is 0. The molecule has 18 heavy (non-hydrogen) atoms. The smallest absolute Gasteiger partial charge is 0.150 e. The largest absolute Gasteiger partial charge is 0.497 e. The molecule has 94 valence electrons. The van der Waals surface area contributed by atoms with Crippen LogP contribution in [-0.2, 0) is 0 Å². The first-order valence-electron chi connectivity index (χ1n) is 5.19. The molecule has 0 amide bonds. The molecule has 5 nitrogen and oxygen atoms in total. The zero-order valence-electron chi connectivity index (χ0n) is 9.98. The van der Waals surface area contributed by atoms with Crippen molar-refractivity contribution < 1.29 is 9.47 Å². The molecule has 1 N–H and O–H groups in total. The number of methoxy groups -OCH3 is 2. The van der Waals surface area contributed by atoms with Gasteiger partial charge in [0, 0.05) is 23.9 Å². The van der Waals surface area contributed by atoms with Gasteiger partial charge in [0.2, 0.25) is 0 Å². The van der Waals surface area contributed by atoms with E-state index in [9.17, 15) is 0 Å². The van der Waals surface area contributed by atoms with Crippen LogP contribution in [-0.4, -0.2) is 24.2 Å². The Kier molecular flexibility index (Phi) is 3.84. The van der Waals surface area contributed by atoms with E-state index < -0.39 is 0 Å². The molecule has 0 spiro atoms. The summed E-state index contributed by atoms with van der Waals surface area (Å²) in [6, 6.07) is 5.44. The van der Waals surface area contributed by atoms with Crippen LogP contribution in [0.1, 0.15) is 0 Å². The van der Waals surface area contributed by atoms with Gasteiger partial charge in [-0.15, -0.1) is 0 Å². The van der Waals surface area contributed by atoms with Crippen LogP contribution in [0.25, 0.3) is 0 Å². The molecule has 0 radical (unpaired) electrons. The Morgan fingerprint density at radius 3 is 2.28 bits per heavy atom. The van der Waals surface area contributed by atoms with Gasteiger partial charge in [0.15, 0.2) is 5.82 Å². The maximum absolute atomic E-state index is 5.77. The highest BCUT2D eigenvalue weighted by atomic mass is 35.5. The van der Waals surface area contributed by atoms with Crippen LogP contribution in [0.3, 0.4) is 0 Å². The first-order valence-corrected chi connectivity index (χ1v) is 5.56. The Labute approximate surface area is 110 Å². The second kappa shape index (κ2) is 5.55. The number of halogens is 1. The quantitative estimate of drug-likeness (QED) is 0.921. The molecular formula is C12H12ClN3O2. The van der Waals surface area contributed by atoms with Gasteiger partial charge in [-0.2, -0.15) is 0 Å². The van der Waals surface area contributed by atoms with Crippen LogP contribution in [0, 0.1) is 0 Å². The minimum absolute atomic E-state index is 0.329. The fraction of sp³-hybridized carbons (Fsp3) is 0.167. The summed E-state index contributed by atoms with van der Waals surface area (Å²) >= 11 is 5.77. The minimum Gasteiger partial charge on any atom is -0.497 e. The third kappa shape index (κ3) is 3.01. The van der Waals surface area contributed by atoms with Crippen molar-refractivity contribution in [3.63, 3.8) is 0 Å². The van der Waals surface area contributed by atoms with Crippen molar-refractivity contribution in [2.75, 3.05) is 19.5 Å². The zero-order valence-corrected chi connectivity index (χ0v) is 10.7. The van der Waals surface area contributed by atoms with Gasteiger partial charge in [0.05, 0.1) is 26.6 Å². The summed E-state index contributed by atoms with van der Waals surface area (Å²) in [4.78, 5) is 8.04. The number of aromatic nitrogens is 2. The standard InChI is InChI=1S/C12H12ClN3O2/c1-17-9-3-8(4-10(5-9)18-2)15-12-7-14-6-11(13)16-12/h3-7H,1-2H3,(H,15,16). The lowest BCUT2D eigenvalue weighted by atomic mass is 10.2. The molecule has 0 unspecified atom stereocenters. The van der Waals surface area contributed by atoms with Crippen LogP contribution in [0.15, 0.2) is 30.6 Å². The number of hydrogen-bond donors (Lipinski definition) is 1. The van der Waals surface area contributed by atoms with E-state index >= 15 is 0 Å². The van der Waals surface area contributed by atoms with Gasteiger partial charge in [0.1, 0.15) is 16.7 Å². The average molecular weight is 266 g/mol. The van der Waals surface area contributed by atoms with E-state index in [0.29, 0.717) is 22.5 Å². The van der Waals surface area contributed by atoms with Gasteiger partial charge in [-0.05, 0) is 0 Å². The van der Waals surface area contributed by atoms with E-state index in [1.165, 1.54) is 6.20 Å². The van der Waals surface area contributed by atoms with Gasteiger partial charge < -0.3 is 14.8 Å². The van der Waals surface area contributed by atoms with E-state index in [-0.39, 0.29) is 0 Å². The Balaban J connectivity index is 2.28. The van der Waals surface area contributed by atoms with Gasteiger partial charge in [-0.1, -0.05) is 11.6 Å². The summed E-state index contributed by atoms with van der Waals surface area (Å²) in [5.74, 6) is 1.93. The van der Waals surface area contributed by atoms with Crippen LogP contribution < -0.4 is 14.8 Å². The monoisotopic (exact) mass is 265 g/mol. The van der Waals surface area contributed by atoms with Crippen molar-refractivity contribution in [2.24, 2.45) is 0 Å². The molecule has 0 atom stereocenters. The van der Waals surface area contributed by atoms with E-state index in [2.05, 4.69) is 15.3 Å². The first-order chi connectivity index (χ1) is 8.71. The van der Waals surface area contributed by atoms with Crippen LogP contribution >= 0.6 is 11.6 Å². The molecule has 0 saturated carbocycles. The second-order valence-electron chi connectivity index (χ2n) is 3.45. The molecule has 0 aliphatic rings. The van der Waals surface area contributed by atoms with Crippen LogP contribution in [0.2, 0.25) is 5.15 Å². The molecule has 0 bridgehead atoms. The highest BCUT2D eigenvalue weighted by molar-refractivity contribution is 6.29. The maximum Gasteiger partial charge on any atom is 0.150 e. The van der Waals surface area contributed by atoms with Crippen molar-refractivity contribution in [3.8, 4) is 11.5 Å². The first kappa shape index (κ1) is 12.4. The van der Waals surface area contributed by atoms with Crippen molar-refractivity contribution in [3.05, 3.63) is 35.7 Å². The molecule has 0 saturated heterocycles. The lowest BCUT2D eigenvalue weighted by Crippen LogP contribution is -1.96. The zero-order chi connectivity index (χ0) is 13.0. The molecular weight excluding hydrogens is 254 g/mol. The van der Waals surface area contributed by atoms with Gasteiger partial charge in [0.25, 0.3) is 0 Å². The number of benzene rings is 1. The molecule has 1 heterocycles. The highest BCUT2D eigenvalue weighted by Gasteiger charge is 2.03. The molecule has 0 fully saturated rings. The fourth-order valence-corrected chi connectivity index (χ4v) is 1.58. The number of nitrogens with one attached hydrogen (secondary N) is 1. The molecule has 1 aromatic heterocycles. The van der Waals surface area contributed by atoms with Gasteiger partial charge in [-0.3, -0.25) is 4.98 Å². The molecule has 2 aromatic rings. The van der Waals surface area contributed by atoms with Gasteiger partial charge in [-0.25, -0.2) is 4.98 Å². The summed E-state index contributed by atoms with van der Waals surface area (Å²) in [7, 11) is 3.19. The SMILES string of the molecule is COc1cc(Nc2cncc(Cl)n2)cc(OC)c1. The summed E-state index contributed by atoms with van der Waals surface area (Å²) in [6.07, 6.45) is 3.05. The van der Waals surface area contributed by atoms with Crippen molar-refractivity contribution in [2.45, 2.75) is 0 Å². The Morgan fingerprint density at radius 1 is 1.06 bits per heavy atom. The molecule has 0 aliphatic carbocycles. The summed E-state index contributed by atoms with van der Waals surface area (Å²) < 4.78 is 10.4. The number of anilines is 2. The van der Waals surface area contributed by atoms with Crippen LogP contribution in [0.4, 0.5) is 11.5 Å². The fourth-order valence-electron chi connectivity index (χ4n) is 1.43. The lowest BCUT2D eigenvalue weighted by molar-refractivity contribution is 0.395. The molecule has 1 aromatic carbocycles. The van der Waals surface area contributed by atoms with Crippen molar-refractivity contribution in [1.82, 2.24) is 9.97 Å². The lowest BCUT2D eigenvalue weighted by Gasteiger charge is -2.09. The third-order valence-electron chi connectivity index (χ3n) is 2.23. The Morgan fingerprint density at radius 2 is 1.72 bits per heavy atom. The summed E-state index contributed by atoms with van der Waals surface area (Å²) in [5.41, 5.74) is 0.780. The average Bonchev–Trinajstić information content (AvgIpc) is 2.38. The third-order valence-corrected chi connectivity index (χ3v) is 2.41. The molecule has 0 aliphatic heterocycles. The Bertz CT molecular complexity index is 526. The minimum atomic E-state index is 0.329. The van der Waals surface area contributed by atoms with Crippen LogP contribution in [0.5, 0.6) is 11.5 Å². The second-order valence-corrected chi connectivity index (χ2v) is 3.84. The predicted octanol–water partition coefficient (Wildman–Crippen LogP) is 2.89. The normalized spacial score (nSPS) is 9.94. The predicted molar refractivity (Wildman–Crippen MR) is 69.9 cm³/mol. The van der Waals surface area contributed by atoms with Crippen molar-refractivity contribution >= 4 is 23.1 Å². The number of hydrogen-bond acceptors (Lipinski definition) is 5. The topological polar surface area (TPSA) is 56.3 Å². The Hall–Kier alpha value is -2.01. The molecule has 2 rings (SSSR count).